The zero-order valence-electron chi connectivity index (χ0n) is 21.0. The van der Waals surface area contributed by atoms with E-state index in [9.17, 15) is 0 Å². The molecule has 33 heavy (non-hydrogen) atoms. The minimum absolute atomic E-state index is 0.0502. The summed E-state index contributed by atoms with van der Waals surface area (Å²) in [6, 6.07) is 18.0. The van der Waals surface area contributed by atoms with Gasteiger partial charge in [-0.15, -0.1) is 0 Å². The first-order valence-corrected chi connectivity index (χ1v) is 12.2. The monoisotopic (exact) mass is 507 g/mol. The molecule has 0 N–H and O–H groups in total. The highest BCUT2D eigenvalue weighted by atomic mass is 79.9. The number of halogens is 1. The molecule has 1 heterocycles. The lowest BCUT2D eigenvalue weighted by atomic mass is 9.86. The van der Waals surface area contributed by atoms with Gasteiger partial charge in [-0.25, -0.2) is 0 Å². The SMILES string of the molecule is COCOc1c(Br)cc(C)cc1-n1c2cc(C(C)(C)C)ccc2c2ccc(C(C)(C)C)cc21. The minimum Gasteiger partial charge on any atom is -0.464 e. The second kappa shape index (κ2) is 8.48. The molecule has 4 heteroatoms. The van der Waals surface area contributed by atoms with E-state index < -0.39 is 0 Å². The summed E-state index contributed by atoms with van der Waals surface area (Å²) in [6.07, 6.45) is 0. The molecule has 0 unspecified atom stereocenters. The summed E-state index contributed by atoms with van der Waals surface area (Å²) < 4.78 is 14.6. The van der Waals surface area contributed by atoms with Gasteiger partial charge in [0, 0.05) is 17.9 Å². The van der Waals surface area contributed by atoms with E-state index in [1.54, 1.807) is 7.11 Å². The number of benzene rings is 3. The normalized spacial score (nSPS) is 12.6. The minimum atomic E-state index is 0.0502. The van der Waals surface area contributed by atoms with Crippen molar-refractivity contribution in [1.82, 2.24) is 4.57 Å². The van der Waals surface area contributed by atoms with Crippen LogP contribution in [-0.4, -0.2) is 18.5 Å². The Hall–Kier alpha value is -2.30. The van der Waals surface area contributed by atoms with E-state index in [-0.39, 0.29) is 17.6 Å². The van der Waals surface area contributed by atoms with E-state index in [1.165, 1.54) is 32.9 Å². The van der Waals surface area contributed by atoms with Gasteiger partial charge in [-0.3, -0.25) is 0 Å². The van der Waals surface area contributed by atoms with Crippen molar-refractivity contribution in [1.29, 1.82) is 0 Å². The molecule has 3 nitrogen and oxygen atoms in total. The van der Waals surface area contributed by atoms with Crippen LogP contribution in [0.25, 0.3) is 27.5 Å². The Morgan fingerprint density at radius 3 is 1.76 bits per heavy atom. The van der Waals surface area contributed by atoms with E-state index in [4.69, 9.17) is 9.47 Å². The molecule has 0 spiro atoms. The largest absolute Gasteiger partial charge is 0.464 e. The second-order valence-electron chi connectivity index (χ2n) is 10.9. The third kappa shape index (κ3) is 4.43. The molecule has 0 aliphatic rings. The lowest BCUT2D eigenvalue weighted by Crippen LogP contribution is -2.11. The van der Waals surface area contributed by atoms with Crippen molar-refractivity contribution in [2.75, 3.05) is 13.9 Å². The zero-order valence-corrected chi connectivity index (χ0v) is 22.6. The van der Waals surface area contributed by atoms with Crippen LogP contribution in [0, 0.1) is 6.92 Å². The van der Waals surface area contributed by atoms with Crippen LogP contribution in [0.3, 0.4) is 0 Å². The van der Waals surface area contributed by atoms with Crippen molar-refractivity contribution in [3.63, 3.8) is 0 Å². The van der Waals surface area contributed by atoms with Crippen LogP contribution in [0.2, 0.25) is 0 Å². The summed E-state index contributed by atoms with van der Waals surface area (Å²) >= 11 is 3.74. The Morgan fingerprint density at radius 1 is 0.788 bits per heavy atom. The van der Waals surface area contributed by atoms with Crippen LogP contribution in [0.5, 0.6) is 5.75 Å². The molecule has 0 radical (unpaired) electrons. The molecule has 0 fully saturated rings. The first-order valence-electron chi connectivity index (χ1n) is 11.4. The number of nitrogens with zero attached hydrogens (tertiary/aromatic N) is 1. The summed E-state index contributed by atoms with van der Waals surface area (Å²) in [4.78, 5) is 0. The van der Waals surface area contributed by atoms with Gasteiger partial charge in [0.15, 0.2) is 12.5 Å². The average molecular weight is 509 g/mol. The van der Waals surface area contributed by atoms with E-state index in [1.807, 2.05) is 0 Å². The highest BCUT2D eigenvalue weighted by molar-refractivity contribution is 9.10. The van der Waals surface area contributed by atoms with Gasteiger partial charge in [0.05, 0.1) is 21.2 Å². The third-order valence-corrected chi connectivity index (χ3v) is 6.82. The molecule has 0 bridgehead atoms. The number of aromatic nitrogens is 1. The van der Waals surface area contributed by atoms with E-state index in [2.05, 4.69) is 117 Å². The summed E-state index contributed by atoms with van der Waals surface area (Å²) in [5.74, 6) is 0.781. The molecule has 0 atom stereocenters. The Labute approximate surface area is 205 Å². The molecule has 1 aromatic heterocycles. The lowest BCUT2D eigenvalue weighted by Gasteiger charge is -2.21. The van der Waals surface area contributed by atoms with Crippen LogP contribution < -0.4 is 4.74 Å². The number of rotatable bonds is 4. The molecule has 3 aromatic carbocycles. The number of hydrogen-bond acceptors (Lipinski definition) is 2. The van der Waals surface area contributed by atoms with Crippen LogP contribution in [0.4, 0.5) is 0 Å². The number of hydrogen-bond donors (Lipinski definition) is 0. The van der Waals surface area contributed by atoms with Crippen LogP contribution in [0.1, 0.15) is 58.2 Å². The molecule has 4 aromatic rings. The first kappa shape index (κ1) is 23.8. The predicted octanol–water partition coefficient (Wildman–Crippen LogP) is 8.43. The number of fused-ring (bicyclic) bond motifs is 3. The summed E-state index contributed by atoms with van der Waals surface area (Å²) in [7, 11) is 1.65. The first-order chi connectivity index (χ1) is 15.4. The summed E-state index contributed by atoms with van der Waals surface area (Å²) in [5.41, 5.74) is 7.25. The maximum absolute atomic E-state index is 6.10. The molecule has 174 valence electrons. The lowest BCUT2D eigenvalue weighted by molar-refractivity contribution is 0.0505. The van der Waals surface area contributed by atoms with Crippen molar-refractivity contribution >= 4 is 37.7 Å². The summed E-state index contributed by atoms with van der Waals surface area (Å²) in [6.45, 7) is 15.9. The number of ether oxygens (including phenoxy) is 2. The smallest absolute Gasteiger partial charge is 0.188 e. The quantitative estimate of drug-likeness (QED) is 0.258. The molecule has 4 rings (SSSR count). The van der Waals surface area contributed by atoms with E-state index in [0.29, 0.717) is 0 Å². The Kier molecular flexibility index (Phi) is 6.13. The van der Waals surface area contributed by atoms with Gasteiger partial charge < -0.3 is 14.0 Å². The molecular weight excluding hydrogens is 474 g/mol. The van der Waals surface area contributed by atoms with Crippen molar-refractivity contribution < 1.29 is 9.47 Å². The van der Waals surface area contributed by atoms with Gasteiger partial charge in [0.2, 0.25) is 0 Å². The topological polar surface area (TPSA) is 23.4 Å². The van der Waals surface area contributed by atoms with Gasteiger partial charge >= 0.3 is 0 Å². The highest BCUT2D eigenvalue weighted by Crippen LogP contribution is 2.41. The molecule has 0 saturated carbocycles. The van der Waals surface area contributed by atoms with Gasteiger partial charge in [-0.2, -0.15) is 0 Å². The molecule has 0 aliphatic carbocycles. The van der Waals surface area contributed by atoms with Crippen molar-refractivity contribution in [2.24, 2.45) is 0 Å². The number of methoxy groups -OCH3 is 1. The van der Waals surface area contributed by atoms with Crippen molar-refractivity contribution in [3.8, 4) is 11.4 Å². The maximum atomic E-state index is 6.10. The fourth-order valence-electron chi connectivity index (χ4n) is 4.35. The number of aryl methyl sites for hydroxylation is 1. The Bertz CT molecular complexity index is 1260. The predicted molar refractivity (Wildman–Crippen MR) is 143 cm³/mol. The molecule has 0 aliphatic heterocycles. The van der Waals surface area contributed by atoms with E-state index in [0.717, 1.165) is 21.5 Å². The fraction of sp³-hybridized carbons (Fsp3) is 0.379. The standard InChI is InChI=1S/C29H34BrNO2/c1-18-13-23(30)27(33-17-32-8)26(14-18)31-24-15-19(28(2,3)4)9-11-21(24)22-12-10-20(16-25(22)31)29(5,6)7/h9-16H,17H2,1-8H3. The highest BCUT2D eigenvalue weighted by Gasteiger charge is 2.23. The molecule has 0 amide bonds. The van der Waals surface area contributed by atoms with E-state index >= 15 is 0 Å². The van der Waals surface area contributed by atoms with Crippen molar-refractivity contribution in [3.05, 3.63) is 69.7 Å². The third-order valence-electron chi connectivity index (χ3n) is 6.23. The van der Waals surface area contributed by atoms with Crippen LogP contribution in [-0.2, 0) is 15.6 Å². The molecular formula is C29H34BrNO2. The Morgan fingerprint density at radius 2 is 1.30 bits per heavy atom. The van der Waals surface area contributed by atoms with Gasteiger partial charge in [0.25, 0.3) is 0 Å². The van der Waals surface area contributed by atoms with Gasteiger partial charge in [-0.05, 0) is 74.6 Å². The Balaban J connectivity index is 2.17. The van der Waals surface area contributed by atoms with Crippen LogP contribution >= 0.6 is 15.9 Å². The van der Waals surface area contributed by atoms with Crippen molar-refractivity contribution in [2.45, 2.75) is 59.3 Å². The van der Waals surface area contributed by atoms with Crippen LogP contribution in [0.15, 0.2) is 53.0 Å². The van der Waals surface area contributed by atoms with Gasteiger partial charge in [-0.1, -0.05) is 65.8 Å². The fourth-order valence-corrected chi connectivity index (χ4v) is 5.03. The maximum Gasteiger partial charge on any atom is 0.188 e. The second-order valence-corrected chi connectivity index (χ2v) is 11.8. The van der Waals surface area contributed by atoms with Gasteiger partial charge in [0.1, 0.15) is 0 Å². The average Bonchev–Trinajstić information content (AvgIpc) is 3.04. The zero-order chi connectivity index (χ0) is 24.1. The summed E-state index contributed by atoms with van der Waals surface area (Å²) in [5, 5.41) is 2.49. The molecule has 0 saturated heterocycles.